The molecule has 0 unspecified atom stereocenters. The molecule has 0 saturated heterocycles. The fourth-order valence-corrected chi connectivity index (χ4v) is 3.13. The fraction of sp³-hybridized carbons (Fsp3) is 0.211. The van der Waals surface area contributed by atoms with Crippen LogP contribution in [-0.4, -0.2) is 38.9 Å². The second-order valence-corrected chi connectivity index (χ2v) is 6.13. The summed E-state index contributed by atoms with van der Waals surface area (Å²) in [6, 6.07) is 18.1. The number of hydrogen-bond acceptors (Lipinski definition) is 3. The zero-order valence-electron chi connectivity index (χ0n) is 13.4. The van der Waals surface area contributed by atoms with Gasteiger partial charge in [-0.05, 0) is 36.2 Å². The van der Waals surface area contributed by atoms with E-state index in [0.717, 1.165) is 12.1 Å². The standard InChI is InChI=1S/C19H18N4O/c1-22(18-13-17(18)14-5-3-2-4-6-14)19(24)15-7-9-16(10-8-15)23-12-11-20-21-23/h2-12,17-18H,13H2,1H3/t17-,18+/m0/s1. The Morgan fingerprint density at radius 1 is 1.12 bits per heavy atom. The third kappa shape index (κ3) is 2.69. The van der Waals surface area contributed by atoms with Crippen LogP contribution in [0.4, 0.5) is 0 Å². The molecule has 120 valence electrons. The molecule has 0 radical (unpaired) electrons. The highest BCUT2D eigenvalue weighted by molar-refractivity contribution is 5.94. The van der Waals surface area contributed by atoms with E-state index in [4.69, 9.17) is 0 Å². The molecule has 0 aliphatic heterocycles. The molecule has 1 fully saturated rings. The Hall–Kier alpha value is -2.95. The van der Waals surface area contributed by atoms with E-state index in [2.05, 4.69) is 34.6 Å². The number of benzene rings is 2. The van der Waals surface area contributed by atoms with Crippen molar-refractivity contribution in [3.63, 3.8) is 0 Å². The predicted molar refractivity (Wildman–Crippen MR) is 91.0 cm³/mol. The summed E-state index contributed by atoms with van der Waals surface area (Å²) in [5.74, 6) is 0.512. The van der Waals surface area contributed by atoms with Gasteiger partial charge in [0.1, 0.15) is 0 Å². The predicted octanol–water partition coefficient (Wildman–Crippen LogP) is 2.90. The second-order valence-electron chi connectivity index (χ2n) is 6.13. The lowest BCUT2D eigenvalue weighted by Crippen LogP contribution is -2.29. The molecule has 1 amide bonds. The van der Waals surface area contributed by atoms with Gasteiger partial charge in [0.25, 0.3) is 5.91 Å². The van der Waals surface area contributed by atoms with E-state index in [1.165, 1.54) is 5.56 Å². The van der Waals surface area contributed by atoms with Crippen LogP contribution in [0, 0.1) is 0 Å². The summed E-state index contributed by atoms with van der Waals surface area (Å²) in [4.78, 5) is 14.6. The highest BCUT2D eigenvalue weighted by atomic mass is 16.2. The molecule has 1 aliphatic rings. The van der Waals surface area contributed by atoms with Gasteiger partial charge < -0.3 is 4.90 Å². The lowest BCUT2D eigenvalue weighted by molar-refractivity contribution is 0.0782. The van der Waals surface area contributed by atoms with Gasteiger partial charge in [-0.2, -0.15) is 0 Å². The molecule has 2 aromatic carbocycles. The van der Waals surface area contributed by atoms with Gasteiger partial charge >= 0.3 is 0 Å². The summed E-state index contributed by atoms with van der Waals surface area (Å²) >= 11 is 0. The van der Waals surface area contributed by atoms with Crippen molar-refractivity contribution >= 4 is 5.91 Å². The average molecular weight is 318 g/mol. The topological polar surface area (TPSA) is 51.0 Å². The van der Waals surface area contributed by atoms with Crippen molar-refractivity contribution in [3.05, 3.63) is 78.1 Å². The SMILES string of the molecule is CN(C(=O)c1ccc(-n2ccnn2)cc1)[C@@H]1C[C@H]1c1ccccc1. The normalized spacial score (nSPS) is 19.0. The summed E-state index contributed by atoms with van der Waals surface area (Å²) in [5.41, 5.74) is 2.89. The Bertz CT molecular complexity index is 828. The minimum Gasteiger partial charge on any atom is -0.338 e. The van der Waals surface area contributed by atoms with E-state index < -0.39 is 0 Å². The van der Waals surface area contributed by atoms with Crippen LogP contribution in [0.5, 0.6) is 0 Å². The summed E-state index contributed by atoms with van der Waals surface area (Å²) < 4.78 is 1.67. The van der Waals surface area contributed by atoms with Crippen LogP contribution in [-0.2, 0) is 0 Å². The van der Waals surface area contributed by atoms with Gasteiger partial charge in [0.05, 0.1) is 18.1 Å². The molecule has 1 aliphatic carbocycles. The molecule has 3 aromatic rings. The van der Waals surface area contributed by atoms with Crippen LogP contribution in [0.3, 0.4) is 0 Å². The first-order chi connectivity index (χ1) is 11.7. The highest BCUT2D eigenvalue weighted by Crippen LogP contribution is 2.44. The zero-order chi connectivity index (χ0) is 16.5. The van der Waals surface area contributed by atoms with Crippen LogP contribution in [0.2, 0.25) is 0 Å². The van der Waals surface area contributed by atoms with E-state index >= 15 is 0 Å². The first-order valence-electron chi connectivity index (χ1n) is 8.03. The molecule has 4 rings (SSSR count). The molecule has 0 bridgehead atoms. The van der Waals surface area contributed by atoms with E-state index in [1.54, 1.807) is 17.1 Å². The van der Waals surface area contributed by atoms with E-state index in [1.807, 2.05) is 42.3 Å². The van der Waals surface area contributed by atoms with Crippen LogP contribution < -0.4 is 0 Å². The summed E-state index contributed by atoms with van der Waals surface area (Å²) in [6.45, 7) is 0. The van der Waals surface area contributed by atoms with Crippen LogP contribution in [0.25, 0.3) is 5.69 Å². The maximum Gasteiger partial charge on any atom is 0.253 e. The van der Waals surface area contributed by atoms with E-state index in [0.29, 0.717) is 11.5 Å². The quantitative estimate of drug-likeness (QED) is 0.743. The number of hydrogen-bond donors (Lipinski definition) is 0. The lowest BCUT2D eigenvalue weighted by atomic mass is 10.1. The van der Waals surface area contributed by atoms with Crippen molar-refractivity contribution in [2.45, 2.75) is 18.4 Å². The van der Waals surface area contributed by atoms with Gasteiger partial charge in [0, 0.05) is 24.6 Å². The minimum absolute atomic E-state index is 0.0589. The Balaban J connectivity index is 1.46. The first kappa shape index (κ1) is 14.6. The Kier molecular flexibility index (Phi) is 3.61. The van der Waals surface area contributed by atoms with Crippen molar-refractivity contribution in [1.82, 2.24) is 19.9 Å². The van der Waals surface area contributed by atoms with Gasteiger partial charge in [0.15, 0.2) is 0 Å². The maximum absolute atomic E-state index is 12.7. The largest absolute Gasteiger partial charge is 0.338 e. The molecule has 1 saturated carbocycles. The molecule has 0 spiro atoms. The molecule has 1 heterocycles. The molecule has 5 heteroatoms. The number of nitrogens with zero attached hydrogens (tertiary/aromatic N) is 4. The molecule has 1 aromatic heterocycles. The van der Waals surface area contributed by atoms with Gasteiger partial charge in [-0.15, -0.1) is 5.10 Å². The molecular weight excluding hydrogens is 300 g/mol. The monoisotopic (exact) mass is 318 g/mol. The Morgan fingerprint density at radius 2 is 1.88 bits per heavy atom. The Morgan fingerprint density at radius 3 is 2.54 bits per heavy atom. The van der Waals surface area contributed by atoms with E-state index in [9.17, 15) is 4.79 Å². The first-order valence-corrected chi connectivity index (χ1v) is 8.03. The number of carbonyl (C=O) groups is 1. The third-order valence-corrected chi connectivity index (χ3v) is 4.60. The van der Waals surface area contributed by atoms with Crippen LogP contribution in [0.1, 0.15) is 28.3 Å². The van der Waals surface area contributed by atoms with Crippen LogP contribution >= 0.6 is 0 Å². The Labute approximate surface area is 140 Å². The number of rotatable bonds is 4. The van der Waals surface area contributed by atoms with Crippen molar-refractivity contribution in [2.75, 3.05) is 7.05 Å². The number of aromatic nitrogens is 3. The fourth-order valence-electron chi connectivity index (χ4n) is 3.13. The van der Waals surface area contributed by atoms with Gasteiger partial charge in [-0.3, -0.25) is 4.79 Å². The van der Waals surface area contributed by atoms with Crippen molar-refractivity contribution in [3.8, 4) is 5.69 Å². The number of carbonyl (C=O) groups excluding carboxylic acids is 1. The van der Waals surface area contributed by atoms with Crippen molar-refractivity contribution < 1.29 is 4.79 Å². The second kappa shape index (κ2) is 5.92. The lowest BCUT2D eigenvalue weighted by Gasteiger charge is -2.18. The van der Waals surface area contributed by atoms with E-state index in [-0.39, 0.29) is 11.9 Å². The highest BCUT2D eigenvalue weighted by Gasteiger charge is 2.43. The number of amides is 1. The minimum atomic E-state index is 0.0589. The van der Waals surface area contributed by atoms with Gasteiger partial charge in [-0.25, -0.2) is 4.68 Å². The molecule has 2 atom stereocenters. The summed E-state index contributed by atoms with van der Waals surface area (Å²) in [6.07, 6.45) is 4.44. The average Bonchev–Trinajstić information content (AvgIpc) is 3.26. The third-order valence-electron chi connectivity index (χ3n) is 4.60. The maximum atomic E-state index is 12.7. The van der Waals surface area contributed by atoms with Crippen molar-refractivity contribution in [2.24, 2.45) is 0 Å². The molecule has 24 heavy (non-hydrogen) atoms. The van der Waals surface area contributed by atoms with Crippen LogP contribution in [0.15, 0.2) is 67.0 Å². The van der Waals surface area contributed by atoms with Gasteiger partial charge in [0.2, 0.25) is 0 Å². The smallest absolute Gasteiger partial charge is 0.253 e. The number of likely N-dealkylation sites (N-methyl/N-ethyl adjacent to an activating group) is 1. The van der Waals surface area contributed by atoms with Gasteiger partial charge in [-0.1, -0.05) is 35.5 Å². The van der Waals surface area contributed by atoms with Crippen molar-refractivity contribution in [1.29, 1.82) is 0 Å². The zero-order valence-corrected chi connectivity index (χ0v) is 13.4. The molecule has 5 nitrogen and oxygen atoms in total. The molecule has 0 N–H and O–H groups in total. The summed E-state index contributed by atoms with van der Waals surface area (Å²) in [5, 5.41) is 7.74. The molecular formula is C19H18N4O. The summed E-state index contributed by atoms with van der Waals surface area (Å²) in [7, 11) is 1.89.